The summed E-state index contributed by atoms with van der Waals surface area (Å²) in [5.41, 5.74) is 3.88. The van der Waals surface area contributed by atoms with Crippen molar-refractivity contribution in [3.05, 3.63) is 65.5 Å². The van der Waals surface area contributed by atoms with Crippen LogP contribution in [0, 0.1) is 77.4 Å². The maximum atomic E-state index is 12.8. The van der Waals surface area contributed by atoms with Crippen LogP contribution in [0.3, 0.4) is 0 Å². The molecule has 1 aromatic carbocycles. The Bertz CT molecular complexity index is 2740. The lowest BCUT2D eigenvalue weighted by atomic mass is 9.61. The number of piperazine rings is 2. The predicted molar refractivity (Wildman–Crippen MR) is 610 cm³/mol. The number of aryl methyl sites for hydroxylation is 3. The third-order valence-corrected chi connectivity index (χ3v) is 27.3. The first kappa shape index (κ1) is 142. The standard InChI is InChI=1S/C12H24.C12H18.C11H25N3.C10H15N.C8H18N2.C8H16O.2C8H18.C7H14FN.2C7H15NO.2C7H15N.C7H16.2CH4/c1-9(2)6-10-7-11(8-10)12(3,4)5;1-10(2)4-7-12-8-5-11(3)6-9-12;1-4-5-12-10-13-6-8-14(9-7-13)11(2)3;1-9(2)3-4-10-5-7-11-8-6-10;1-8(2)10-6-4-9(3)5-7-10;1-7(2)3-4-8-5-9-6-8;2*1-4-5-6-7-8(2)3;1-6(2)9-4-7(3,8)5-9;1-6(2)8-4-7(5-8)9-3;1-7(2)8-3-5-9-6-4-8;1-6(2)8-4-7(3)5-8;1-7(2)8-5-3-4-6-8;1-4-5-6-7(2)3;;/h9-11H,6-8H2,1-5H3;5-6,8-10H,4,7H2,1-3H3;11-12H,4-10H2,1-3H3;5-9H,3-4H2,1-2H3;8H,4-7H2,1-3H3;7-8H,3-6H2,1-2H3;2*8H,4-7H2,1-3H3;6H,4-5H2,1-3H3;6-7H,4-5H2,1-3H3;7H,3-6H2,1-2H3;6-7H,4-5H2,1-3H3;7H,3-6H2,1-2H3;7H,4-6H2,1-3H3;2*1H4. The summed E-state index contributed by atoms with van der Waals surface area (Å²) >= 11 is 0. The van der Waals surface area contributed by atoms with Gasteiger partial charge in [-0.3, -0.25) is 34.4 Å². The number of unbranched alkanes of at least 4 members (excludes halogenated alkanes) is 5. The minimum absolute atomic E-state index is 0. The smallest absolute Gasteiger partial charge is 0.133 e. The van der Waals surface area contributed by atoms with Crippen LogP contribution in [0.4, 0.5) is 4.39 Å². The van der Waals surface area contributed by atoms with E-state index in [1.165, 1.54) is 243 Å². The van der Waals surface area contributed by atoms with Gasteiger partial charge in [-0.15, -0.1) is 0 Å². The van der Waals surface area contributed by atoms with Crippen molar-refractivity contribution in [1.29, 1.82) is 0 Å². The molecule has 11 rings (SSSR count). The molecule has 814 valence electrons. The van der Waals surface area contributed by atoms with Gasteiger partial charge in [0.25, 0.3) is 0 Å². The van der Waals surface area contributed by atoms with Crippen molar-refractivity contribution in [2.24, 2.45) is 70.5 Å². The number of hydrogen-bond acceptors (Lipinski definition) is 14. The quantitative estimate of drug-likeness (QED) is 0.0675. The van der Waals surface area contributed by atoms with E-state index in [1.54, 1.807) is 14.0 Å². The lowest BCUT2D eigenvalue weighted by Crippen LogP contribution is -2.59. The van der Waals surface area contributed by atoms with Gasteiger partial charge in [-0.2, -0.15) is 0 Å². The van der Waals surface area contributed by atoms with Crippen LogP contribution in [-0.2, 0) is 27.1 Å². The molecule has 15 heteroatoms. The van der Waals surface area contributed by atoms with E-state index in [-0.39, 0.29) is 14.9 Å². The molecular formula is C121H250FN11O3. The number of nitrogens with zero attached hydrogens (tertiary/aromatic N) is 10. The summed E-state index contributed by atoms with van der Waals surface area (Å²) in [5.74, 6) is 9.99. The Kier molecular flexibility index (Phi) is 91.0. The fourth-order valence-corrected chi connectivity index (χ4v) is 16.7. The van der Waals surface area contributed by atoms with E-state index in [4.69, 9.17) is 14.2 Å². The monoisotopic (exact) mass is 1920 g/mol. The Morgan fingerprint density at radius 3 is 1.11 bits per heavy atom. The van der Waals surface area contributed by atoms with Crippen molar-refractivity contribution >= 4 is 0 Å². The Morgan fingerprint density at radius 2 is 0.809 bits per heavy atom. The van der Waals surface area contributed by atoms with Gasteiger partial charge in [-0.25, -0.2) is 4.39 Å². The predicted octanol–water partition coefficient (Wildman–Crippen LogP) is 30.3. The average Bonchev–Trinajstić information content (AvgIpc) is 1.18. The molecule has 2 aromatic rings. The number of hydrogen-bond donors (Lipinski definition) is 1. The molecule has 1 aliphatic carbocycles. The number of morpholine rings is 1. The molecule has 9 heterocycles. The highest BCUT2D eigenvalue weighted by Crippen LogP contribution is 2.47. The van der Waals surface area contributed by atoms with Crippen molar-refractivity contribution in [2.45, 2.75) is 480 Å². The largest absolute Gasteiger partial charge is 0.381 e. The van der Waals surface area contributed by atoms with Gasteiger partial charge < -0.3 is 34.2 Å². The van der Waals surface area contributed by atoms with Crippen molar-refractivity contribution in [1.82, 2.24) is 54.4 Å². The van der Waals surface area contributed by atoms with Crippen LogP contribution in [0.5, 0.6) is 0 Å². The number of likely N-dealkylation sites (tertiary alicyclic amines) is 4. The zero-order valence-electron chi connectivity index (χ0n) is 97.9. The Labute approximate surface area is 855 Å². The molecule has 1 N–H and O–H groups in total. The van der Waals surface area contributed by atoms with Gasteiger partial charge in [0.05, 0.1) is 32.5 Å². The normalized spacial score (nSPS) is 19.0. The molecule has 0 atom stereocenters. The van der Waals surface area contributed by atoms with Crippen LogP contribution in [0.1, 0.15) is 423 Å². The summed E-state index contributed by atoms with van der Waals surface area (Å²) in [6.45, 7) is 112. The van der Waals surface area contributed by atoms with E-state index in [2.05, 4.69) is 354 Å². The molecule has 0 radical (unpaired) electrons. The summed E-state index contributed by atoms with van der Waals surface area (Å²) in [7, 11) is 3.97. The second-order valence-electron chi connectivity index (χ2n) is 47.8. The van der Waals surface area contributed by atoms with E-state index in [0.717, 1.165) is 149 Å². The minimum Gasteiger partial charge on any atom is -0.381 e. The molecule has 1 aromatic heterocycles. The highest BCUT2D eigenvalue weighted by Gasteiger charge is 2.40. The van der Waals surface area contributed by atoms with Crippen molar-refractivity contribution < 1.29 is 18.6 Å². The van der Waals surface area contributed by atoms with Gasteiger partial charge in [0.1, 0.15) is 5.67 Å². The Morgan fingerprint density at radius 1 is 0.434 bits per heavy atom. The summed E-state index contributed by atoms with van der Waals surface area (Å²) in [6.07, 6.45) is 35.8. The first-order valence-corrected chi connectivity index (χ1v) is 56.6. The highest BCUT2D eigenvalue weighted by atomic mass is 19.1. The minimum atomic E-state index is -0.899. The lowest BCUT2D eigenvalue weighted by Gasteiger charge is -2.44. The molecule has 136 heavy (non-hydrogen) atoms. The van der Waals surface area contributed by atoms with Crippen LogP contribution < -0.4 is 5.32 Å². The number of aromatic nitrogens is 1. The number of benzene rings is 1. The van der Waals surface area contributed by atoms with Crippen LogP contribution in [0.2, 0.25) is 0 Å². The number of ether oxygens (including phenoxy) is 3. The fourth-order valence-electron chi connectivity index (χ4n) is 16.7. The van der Waals surface area contributed by atoms with Gasteiger partial charge >= 0.3 is 0 Å². The third kappa shape index (κ3) is 83.0. The van der Waals surface area contributed by atoms with E-state index in [1.807, 2.05) is 12.4 Å². The van der Waals surface area contributed by atoms with Gasteiger partial charge in [-0.1, -0.05) is 274 Å². The number of rotatable bonds is 34. The number of pyridine rings is 1. The maximum absolute atomic E-state index is 12.8. The summed E-state index contributed by atoms with van der Waals surface area (Å²) in [4.78, 5) is 25.9. The zero-order chi connectivity index (χ0) is 102. The molecule has 8 aliphatic heterocycles. The number of alkyl halides is 1. The van der Waals surface area contributed by atoms with Gasteiger partial charge in [0.2, 0.25) is 0 Å². The highest BCUT2D eigenvalue weighted by molar-refractivity contribution is 5.21. The summed E-state index contributed by atoms with van der Waals surface area (Å²) in [5, 5.41) is 3.46. The van der Waals surface area contributed by atoms with Crippen LogP contribution in [0.15, 0.2) is 48.8 Å². The summed E-state index contributed by atoms with van der Waals surface area (Å²) < 4.78 is 28.2. The van der Waals surface area contributed by atoms with Crippen LogP contribution >= 0.6 is 0 Å². The SMILES string of the molecule is C.C.CC(C)CC1CC(C(C)(C)C)C1.CC(C)CCC1COC1.CC(C)CCc1ccncc1.CC(C)N1CC(C)(F)C1.CC(C)N1CCCC1.CC(C)N1CCN(C)CC1.CC(C)N1CCOCC1.CC1CN(C(C)C)C1.CCCCC(C)C.CCCCCC(C)C.CCCCCC(C)C.CCCNCN1CCN(C(C)C)CC1.COC1CN(C(C)C)C1.Cc1ccc(CCC(C)C)cc1. The van der Waals surface area contributed by atoms with Crippen molar-refractivity contribution in [3.8, 4) is 0 Å². The van der Waals surface area contributed by atoms with Gasteiger partial charge in [-0.05, 0) is 296 Å². The molecule has 1 saturated carbocycles. The topological polar surface area (TPSA) is 81.8 Å². The third-order valence-electron chi connectivity index (χ3n) is 27.3. The number of methoxy groups -OCH3 is 1. The van der Waals surface area contributed by atoms with E-state index in [0.29, 0.717) is 48.8 Å². The molecule has 14 nitrogen and oxygen atoms in total. The van der Waals surface area contributed by atoms with Crippen molar-refractivity contribution in [2.75, 3.05) is 172 Å². The second kappa shape index (κ2) is 87.0. The maximum Gasteiger partial charge on any atom is 0.133 e. The van der Waals surface area contributed by atoms with Gasteiger partial charge in [0, 0.05) is 179 Å². The first-order chi connectivity index (χ1) is 63.0. The Balaban J connectivity index is -0.000000454. The van der Waals surface area contributed by atoms with Crippen LogP contribution in [-0.4, -0.2) is 275 Å². The van der Waals surface area contributed by atoms with Crippen molar-refractivity contribution in [3.63, 3.8) is 0 Å². The molecular weight excluding hydrogens is 1670 g/mol. The lowest BCUT2D eigenvalue weighted by molar-refractivity contribution is -0.0437. The second-order valence-corrected chi connectivity index (χ2v) is 47.8. The number of likely N-dealkylation sites (N-methyl/N-ethyl adjacent to an activating group) is 1. The zero-order valence-corrected chi connectivity index (χ0v) is 97.9. The molecule has 9 aliphatic rings. The number of halogens is 1. The average molecular weight is 1930 g/mol. The first-order valence-electron chi connectivity index (χ1n) is 56.6. The molecule has 0 bridgehead atoms. The molecule has 8 saturated heterocycles. The molecule has 0 spiro atoms. The Hall–Kier alpha value is -2.22. The van der Waals surface area contributed by atoms with Gasteiger partial charge in [0.15, 0.2) is 0 Å². The molecule has 0 unspecified atom stereocenters. The fraction of sp³-hybridized carbons (Fsp3) is 0.909. The van der Waals surface area contributed by atoms with E-state index in [9.17, 15) is 4.39 Å². The van der Waals surface area contributed by atoms with E-state index >= 15 is 0 Å². The number of nitrogens with one attached hydrogen (secondary N) is 1. The molecule has 0 amide bonds. The summed E-state index contributed by atoms with van der Waals surface area (Å²) in [6, 6.07) is 17.9. The molecule has 9 fully saturated rings. The van der Waals surface area contributed by atoms with Crippen LogP contribution in [0.25, 0.3) is 0 Å². The van der Waals surface area contributed by atoms with E-state index < -0.39 is 5.67 Å².